The van der Waals surface area contributed by atoms with Crippen molar-refractivity contribution in [2.24, 2.45) is 5.73 Å². The van der Waals surface area contributed by atoms with Crippen molar-refractivity contribution in [2.45, 2.75) is 12.0 Å². The summed E-state index contributed by atoms with van der Waals surface area (Å²) in [7, 11) is 0. The Bertz CT molecular complexity index is 654. The van der Waals surface area contributed by atoms with Gasteiger partial charge in [-0.3, -0.25) is 0 Å². The Morgan fingerprint density at radius 1 is 1.14 bits per heavy atom. The molecule has 3 N–H and O–H groups in total. The number of rotatable bonds is 4. The molecule has 0 aliphatic heterocycles. The van der Waals surface area contributed by atoms with Gasteiger partial charge in [-0.15, -0.1) is 0 Å². The fourth-order valence-corrected chi connectivity index (χ4v) is 3.07. The second-order valence-corrected chi connectivity index (χ2v) is 6.38. The first-order valence-electron chi connectivity index (χ1n) is 6.22. The molecule has 2 atom stereocenters. The average molecular weight is 393 g/mol. The van der Waals surface area contributed by atoms with Crippen molar-refractivity contribution in [1.29, 1.82) is 0 Å². The van der Waals surface area contributed by atoms with Gasteiger partial charge in [0.05, 0.1) is 6.10 Å². The fraction of sp³-hybridized carbons (Fsp3) is 0.200. The van der Waals surface area contributed by atoms with Crippen molar-refractivity contribution in [3.8, 4) is 0 Å². The predicted molar refractivity (Wildman–Crippen MR) is 87.3 cm³/mol. The molecule has 0 fully saturated rings. The molecule has 21 heavy (non-hydrogen) atoms. The zero-order chi connectivity index (χ0) is 15.6. The summed E-state index contributed by atoms with van der Waals surface area (Å²) < 4.78 is 14.6. The summed E-state index contributed by atoms with van der Waals surface area (Å²) in [6, 6.07) is 9.43. The molecule has 2 aromatic rings. The highest BCUT2D eigenvalue weighted by Gasteiger charge is 2.26. The van der Waals surface area contributed by atoms with Gasteiger partial charge in [-0.2, -0.15) is 0 Å². The van der Waals surface area contributed by atoms with Crippen LogP contribution in [0.15, 0.2) is 40.9 Å². The highest BCUT2D eigenvalue weighted by molar-refractivity contribution is 9.10. The molecule has 0 aliphatic rings. The Balaban J connectivity index is 2.40. The molecule has 0 bridgehead atoms. The van der Waals surface area contributed by atoms with Crippen LogP contribution in [0.25, 0.3) is 0 Å². The molecule has 2 aromatic carbocycles. The normalized spacial score (nSPS) is 14.0. The summed E-state index contributed by atoms with van der Waals surface area (Å²) in [6.07, 6.45) is -1.10. The van der Waals surface area contributed by atoms with Crippen molar-refractivity contribution in [3.05, 3.63) is 67.9 Å². The SMILES string of the molecule is NCC(c1ccc(Cl)cc1Cl)C(O)c1ccc(Br)cc1F. The van der Waals surface area contributed by atoms with Crippen molar-refractivity contribution in [1.82, 2.24) is 0 Å². The highest BCUT2D eigenvalue weighted by atomic mass is 79.9. The number of halogens is 4. The van der Waals surface area contributed by atoms with E-state index in [1.165, 1.54) is 12.1 Å². The zero-order valence-electron chi connectivity index (χ0n) is 10.9. The maximum Gasteiger partial charge on any atom is 0.130 e. The molecule has 0 spiro atoms. The smallest absolute Gasteiger partial charge is 0.130 e. The maximum absolute atomic E-state index is 14.0. The number of hydrogen-bond donors (Lipinski definition) is 2. The van der Waals surface area contributed by atoms with E-state index in [9.17, 15) is 9.50 Å². The quantitative estimate of drug-likeness (QED) is 0.793. The van der Waals surface area contributed by atoms with Gasteiger partial charge >= 0.3 is 0 Å². The molecule has 0 heterocycles. The van der Waals surface area contributed by atoms with Gasteiger partial charge in [0.25, 0.3) is 0 Å². The molecule has 0 saturated heterocycles. The van der Waals surface area contributed by atoms with Crippen LogP contribution in [0.5, 0.6) is 0 Å². The summed E-state index contributed by atoms with van der Waals surface area (Å²) in [5.41, 5.74) is 6.56. The molecule has 0 aromatic heterocycles. The highest BCUT2D eigenvalue weighted by Crippen LogP contribution is 2.36. The zero-order valence-corrected chi connectivity index (χ0v) is 14.0. The lowest BCUT2D eigenvalue weighted by atomic mass is 9.89. The Hall–Kier alpha value is -0.650. The topological polar surface area (TPSA) is 46.2 Å². The molecule has 0 amide bonds. The molecular formula is C15H13BrCl2FNO. The van der Waals surface area contributed by atoms with Crippen molar-refractivity contribution < 1.29 is 9.50 Å². The monoisotopic (exact) mass is 391 g/mol. The first-order valence-corrected chi connectivity index (χ1v) is 7.77. The molecule has 2 rings (SSSR count). The van der Waals surface area contributed by atoms with Gasteiger partial charge < -0.3 is 10.8 Å². The van der Waals surface area contributed by atoms with Crippen molar-refractivity contribution >= 4 is 39.1 Å². The van der Waals surface area contributed by atoms with E-state index in [1.807, 2.05) is 0 Å². The average Bonchev–Trinajstić information content (AvgIpc) is 2.41. The Morgan fingerprint density at radius 2 is 1.81 bits per heavy atom. The summed E-state index contributed by atoms with van der Waals surface area (Å²) >= 11 is 15.2. The largest absolute Gasteiger partial charge is 0.388 e. The van der Waals surface area contributed by atoms with E-state index in [0.717, 1.165) is 0 Å². The van der Waals surface area contributed by atoms with Crippen LogP contribution in [0, 0.1) is 5.82 Å². The van der Waals surface area contributed by atoms with Crippen LogP contribution in [0.1, 0.15) is 23.1 Å². The second kappa shape index (κ2) is 7.07. The van der Waals surface area contributed by atoms with Crippen molar-refractivity contribution in [2.75, 3.05) is 6.54 Å². The number of aliphatic hydroxyl groups excluding tert-OH is 1. The fourth-order valence-electron chi connectivity index (χ4n) is 2.19. The van der Waals surface area contributed by atoms with Crippen LogP contribution in [0.2, 0.25) is 10.0 Å². The molecule has 0 aliphatic carbocycles. The van der Waals surface area contributed by atoms with E-state index in [2.05, 4.69) is 15.9 Å². The van der Waals surface area contributed by atoms with Gasteiger partial charge in [-0.05, 0) is 29.8 Å². The van der Waals surface area contributed by atoms with E-state index in [0.29, 0.717) is 20.1 Å². The van der Waals surface area contributed by atoms with E-state index in [1.54, 1.807) is 24.3 Å². The number of nitrogens with two attached hydrogens (primary N) is 1. The third-order valence-electron chi connectivity index (χ3n) is 3.28. The summed E-state index contributed by atoms with van der Waals surface area (Å²) in [4.78, 5) is 0. The third-order valence-corrected chi connectivity index (χ3v) is 4.33. The summed E-state index contributed by atoms with van der Waals surface area (Å²) in [6.45, 7) is 0.123. The third kappa shape index (κ3) is 3.76. The molecule has 112 valence electrons. The van der Waals surface area contributed by atoms with Crippen molar-refractivity contribution in [3.63, 3.8) is 0 Å². The first-order chi connectivity index (χ1) is 9.93. The van der Waals surface area contributed by atoms with Gasteiger partial charge in [0.1, 0.15) is 5.82 Å². The molecule has 2 nitrogen and oxygen atoms in total. The second-order valence-electron chi connectivity index (χ2n) is 4.62. The lowest BCUT2D eigenvalue weighted by Gasteiger charge is -2.23. The lowest BCUT2D eigenvalue weighted by Crippen LogP contribution is -2.21. The Labute approximate surface area is 140 Å². The van der Waals surface area contributed by atoms with E-state index in [-0.39, 0.29) is 12.1 Å². The molecule has 0 radical (unpaired) electrons. The van der Waals surface area contributed by atoms with Crippen LogP contribution in [0.3, 0.4) is 0 Å². The van der Waals surface area contributed by atoms with Gasteiger partial charge in [0.2, 0.25) is 0 Å². The lowest BCUT2D eigenvalue weighted by molar-refractivity contribution is 0.143. The Morgan fingerprint density at radius 3 is 2.38 bits per heavy atom. The molecule has 6 heteroatoms. The van der Waals surface area contributed by atoms with Gasteiger partial charge in [-0.1, -0.05) is 51.3 Å². The van der Waals surface area contributed by atoms with E-state index < -0.39 is 17.8 Å². The van der Waals surface area contributed by atoms with E-state index >= 15 is 0 Å². The minimum Gasteiger partial charge on any atom is -0.388 e. The first kappa shape index (κ1) is 16.7. The van der Waals surface area contributed by atoms with Crippen LogP contribution < -0.4 is 5.73 Å². The molecule has 0 saturated carbocycles. The number of hydrogen-bond acceptors (Lipinski definition) is 2. The standard InChI is InChI=1S/C15H13BrCl2FNO/c16-8-1-3-11(14(19)5-8)15(21)12(7-20)10-4-2-9(17)6-13(10)18/h1-6,12,15,21H,7,20H2. The molecule has 2 unspecified atom stereocenters. The van der Waals surface area contributed by atoms with Crippen LogP contribution in [-0.2, 0) is 0 Å². The minimum absolute atomic E-state index is 0.123. The van der Waals surface area contributed by atoms with Gasteiger partial charge in [0.15, 0.2) is 0 Å². The summed E-state index contributed by atoms with van der Waals surface area (Å²) in [5.74, 6) is -1.02. The Kier molecular flexibility index (Phi) is 5.63. The van der Waals surface area contributed by atoms with E-state index in [4.69, 9.17) is 28.9 Å². The molecular weight excluding hydrogens is 380 g/mol. The maximum atomic E-state index is 14.0. The number of aliphatic hydroxyl groups is 1. The van der Waals surface area contributed by atoms with Gasteiger partial charge in [-0.25, -0.2) is 4.39 Å². The van der Waals surface area contributed by atoms with Crippen LogP contribution >= 0.6 is 39.1 Å². The predicted octanol–water partition coefficient (Wildman–Crippen LogP) is 4.67. The van der Waals surface area contributed by atoms with Crippen LogP contribution in [0.4, 0.5) is 4.39 Å². The minimum atomic E-state index is -1.10. The van der Waals surface area contributed by atoms with Gasteiger partial charge in [0, 0.05) is 32.5 Å². The van der Waals surface area contributed by atoms with Crippen LogP contribution in [-0.4, -0.2) is 11.7 Å². The summed E-state index contributed by atoms with van der Waals surface area (Å²) in [5, 5.41) is 11.4. The number of benzene rings is 2.